The van der Waals surface area contributed by atoms with E-state index >= 15 is 0 Å². The van der Waals surface area contributed by atoms with E-state index in [9.17, 15) is 9.18 Å². The summed E-state index contributed by atoms with van der Waals surface area (Å²) in [6.07, 6.45) is 1.41. The Hall–Kier alpha value is -2.17. The number of halogens is 1. The van der Waals surface area contributed by atoms with Crippen LogP contribution in [0.15, 0.2) is 24.4 Å². The molecule has 0 fully saturated rings. The van der Waals surface area contributed by atoms with Crippen LogP contribution in [0.5, 0.6) is 0 Å². The molecule has 0 saturated carbocycles. The van der Waals surface area contributed by atoms with Gasteiger partial charge in [-0.05, 0) is 24.1 Å². The molecule has 0 bridgehead atoms. The third kappa shape index (κ3) is 2.65. The van der Waals surface area contributed by atoms with Gasteiger partial charge in [-0.25, -0.2) is 4.39 Å². The van der Waals surface area contributed by atoms with Gasteiger partial charge in [0.2, 0.25) is 0 Å². The summed E-state index contributed by atoms with van der Waals surface area (Å²) in [5, 5.41) is 3.43. The number of anilines is 1. The standard InChI is InChI=1S/C14H16FN3O/c1-8(2)7-18-14(19)13-12-9(5-6-17-13)10(15)3-4-11(12)16/h3-6,8H,7,16H2,1-2H3,(H,18,19). The van der Waals surface area contributed by atoms with Crippen LogP contribution in [0, 0.1) is 11.7 Å². The largest absolute Gasteiger partial charge is 0.398 e. The van der Waals surface area contributed by atoms with Crippen molar-refractivity contribution in [1.29, 1.82) is 0 Å². The molecule has 1 amide bonds. The molecule has 3 N–H and O–H groups in total. The Kier molecular flexibility index (Phi) is 3.64. The van der Waals surface area contributed by atoms with Crippen LogP contribution < -0.4 is 11.1 Å². The molecule has 100 valence electrons. The molecule has 1 heterocycles. The second-order valence-electron chi connectivity index (χ2n) is 4.82. The van der Waals surface area contributed by atoms with E-state index in [1.54, 1.807) is 0 Å². The molecule has 0 radical (unpaired) electrons. The number of nitrogens with zero attached hydrogens (tertiary/aromatic N) is 1. The molecule has 1 aromatic heterocycles. The van der Waals surface area contributed by atoms with Crippen molar-refractivity contribution in [2.45, 2.75) is 13.8 Å². The van der Waals surface area contributed by atoms with E-state index < -0.39 is 5.82 Å². The van der Waals surface area contributed by atoms with Crippen LogP contribution in [0.25, 0.3) is 10.8 Å². The maximum absolute atomic E-state index is 13.7. The number of nitrogens with two attached hydrogens (primary N) is 1. The van der Waals surface area contributed by atoms with Crippen molar-refractivity contribution < 1.29 is 9.18 Å². The zero-order valence-corrected chi connectivity index (χ0v) is 10.9. The molecule has 0 aliphatic carbocycles. The van der Waals surface area contributed by atoms with Gasteiger partial charge >= 0.3 is 0 Å². The molecule has 0 atom stereocenters. The summed E-state index contributed by atoms with van der Waals surface area (Å²) in [5.41, 5.74) is 6.34. The first-order valence-corrected chi connectivity index (χ1v) is 6.11. The Morgan fingerprint density at radius 2 is 2.16 bits per heavy atom. The molecule has 19 heavy (non-hydrogen) atoms. The van der Waals surface area contributed by atoms with E-state index in [-0.39, 0.29) is 11.6 Å². The highest BCUT2D eigenvalue weighted by Gasteiger charge is 2.15. The maximum atomic E-state index is 13.7. The summed E-state index contributed by atoms with van der Waals surface area (Å²) in [6.45, 7) is 4.52. The normalized spacial score (nSPS) is 10.9. The predicted molar refractivity (Wildman–Crippen MR) is 73.3 cm³/mol. The van der Waals surface area contributed by atoms with E-state index in [0.29, 0.717) is 28.9 Å². The van der Waals surface area contributed by atoms with Crippen LogP contribution in [0.4, 0.5) is 10.1 Å². The smallest absolute Gasteiger partial charge is 0.270 e. The van der Waals surface area contributed by atoms with Crippen LogP contribution in [-0.2, 0) is 0 Å². The molecule has 0 saturated heterocycles. The van der Waals surface area contributed by atoms with E-state index in [1.165, 1.54) is 24.4 Å². The highest BCUT2D eigenvalue weighted by Crippen LogP contribution is 2.25. The lowest BCUT2D eigenvalue weighted by molar-refractivity contribution is 0.0946. The summed E-state index contributed by atoms with van der Waals surface area (Å²) in [4.78, 5) is 16.1. The van der Waals surface area contributed by atoms with Crippen molar-refractivity contribution in [3.63, 3.8) is 0 Å². The van der Waals surface area contributed by atoms with Crippen LogP contribution in [-0.4, -0.2) is 17.4 Å². The van der Waals surface area contributed by atoms with Gasteiger partial charge in [0.1, 0.15) is 11.5 Å². The number of hydrogen-bond acceptors (Lipinski definition) is 3. The summed E-state index contributed by atoms with van der Waals surface area (Å²) in [7, 11) is 0. The molecule has 2 aromatic rings. The van der Waals surface area contributed by atoms with Crippen molar-refractivity contribution in [1.82, 2.24) is 10.3 Å². The van der Waals surface area contributed by atoms with Gasteiger partial charge in [-0.1, -0.05) is 13.8 Å². The molecule has 2 rings (SSSR count). The molecular formula is C14H16FN3O. The average Bonchev–Trinajstić information content (AvgIpc) is 2.39. The number of fused-ring (bicyclic) bond motifs is 1. The topological polar surface area (TPSA) is 68.0 Å². The summed E-state index contributed by atoms with van der Waals surface area (Å²) >= 11 is 0. The van der Waals surface area contributed by atoms with E-state index in [1.807, 2.05) is 13.8 Å². The van der Waals surface area contributed by atoms with Gasteiger partial charge in [0.05, 0.1) is 0 Å². The van der Waals surface area contributed by atoms with Crippen molar-refractivity contribution in [2.24, 2.45) is 5.92 Å². The second-order valence-corrected chi connectivity index (χ2v) is 4.82. The fourth-order valence-electron chi connectivity index (χ4n) is 1.84. The van der Waals surface area contributed by atoms with Crippen molar-refractivity contribution in [3.8, 4) is 0 Å². The Morgan fingerprint density at radius 1 is 1.42 bits per heavy atom. The Bertz CT molecular complexity index is 625. The molecule has 0 unspecified atom stereocenters. The highest BCUT2D eigenvalue weighted by atomic mass is 19.1. The molecule has 0 spiro atoms. The second kappa shape index (κ2) is 5.22. The van der Waals surface area contributed by atoms with Crippen LogP contribution in [0.3, 0.4) is 0 Å². The fourth-order valence-corrected chi connectivity index (χ4v) is 1.84. The number of nitrogens with one attached hydrogen (secondary N) is 1. The van der Waals surface area contributed by atoms with E-state index in [2.05, 4.69) is 10.3 Å². The lowest BCUT2D eigenvalue weighted by atomic mass is 10.1. The van der Waals surface area contributed by atoms with Crippen molar-refractivity contribution >= 4 is 22.4 Å². The number of carbonyl (C=O) groups excluding carboxylic acids is 1. The number of pyridine rings is 1. The predicted octanol–water partition coefficient (Wildman–Crippen LogP) is 2.34. The molecular weight excluding hydrogens is 245 g/mol. The first-order valence-electron chi connectivity index (χ1n) is 6.11. The van der Waals surface area contributed by atoms with Crippen molar-refractivity contribution in [3.05, 3.63) is 35.9 Å². The Balaban J connectivity index is 2.49. The number of amides is 1. The lowest BCUT2D eigenvalue weighted by Gasteiger charge is -2.10. The van der Waals surface area contributed by atoms with Gasteiger partial charge in [-0.2, -0.15) is 0 Å². The molecule has 5 heteroatoms. The van der Waals surface area contributed by atoms with Gasteiger partial charge in [-0.15, -0.1) is 0 Å². The summed E-state index contributed by atoms with van der Waals surface area (Å²) < 4.78 is 13.7. The average molecular weight is 261 g/mol. The molecule has 0 aliphatic heterocycles. The number of nitrogen functional groups attached to an aromatic ring is 1. The number of rotatable bonds is 3. The Labute approximate surface area is 110 Å². The number of hydrogen-bond donors (Lipinski definition) is 2. The molecule has 4 nitrogen and oxygen atoms in total. The van der Waals surface area contributed by atoms with Crippen LogP contribution in [0.2, 0.25) is 0 Å². The number of benzene rings is 1. The van der Waals surface area contributed by atoms with E-state index in [0.717, 1.165) is 0 Å². The van der Waals surface area contributed by atoms with Gasteiger partial charge in [0.15, 0.2) is 0 Å². The SMILES string of the molecule is CC(C)CNC(=O)c1nccc2c(F)ccc(N)c12. The third-order valence-corrected chi connectivity index (χ3v) is 2.79. The van der Waals surface area contributed by atoms with Gasteiger partial charge in [0.25, 0.3) is 5.91 Å². The summed E-state index contributed by atoms with van der Waals surface area (Å²) in [6, 6.07) is 4.24. The molecule has 1 aromatic carbocycles. The Morgan fingerprint density at radius 3 is 2.84 bits per heavy atom. The fraction of sp³-hybridized carbons (Fsp3) is 0.286. The monoisotopic (exact) mass is 261 g/mol. The summed E-state index contributed by atoms with van der Waals surface area (Å²) in [5.74, 6) is -0.422. The minimum absolute atomic E-state index is 0.162. The maximum Gasteiger partial charge on any atom is 0.270 e. The third-order valence-electron chi connectivity index (χ3n) is 2.79. The number of carbonyl (C=O) groups is 1. The highest BCUT2D eigenvalue weighted by molar-refractivity contribution is 6.09. The number of aromatic nitrogens is 1. The first-order chi connectivity index (χ1) is 9.00. The minimum atomic E-state index is -0.412. The van der Waals surface area contributed by atoms with E-state index in [4.69, 9.17) is 5.73 Å². The van der Waals surface area contributed by atoms with Gasteiger partial charge in [0, 0.05) is 29.2 Å². The van der Waals surface area contributed by atoms with Gasteiger partial charge in [-0.3, -0.25) is 9.78 Å². The zero-order valence-electron chi connectivity index (χ0n) is 10.9. The van der Waals surface area contributed by atoms with Crippen LogP contribution >= 0.6 is 0 Å². The molecule has 0 aliphatic rings. The van der Waals surface area contributed by atoms with Crippen LogP contribution in [0.1, 0.15) is 24.3 Å². The zero-order chi connectivity index (χ0) is 14.0. The van der Waals surface area contributed by atoms with Gasteiger partial charge < -0.3 is 11.1 Å². The quantitative estimate of drug-likeness (QED) is 0.833. The first kappa shape index (κ1) is 13.3. The minimum Gasteiger partial charge on any atom is -0.398 e. The lowest BCUT2D eigenvalue weighted by Crippen LogP contribution is -2.28. The van der Waals surface area contributed by atoms with Crippen molar-refractivity contribution in [2.75, 3.05) is 12.3 Å².